The molecule has 1 N–H and O–H groups in total. The van der Waals surface area contributed by atoms with Crippen molar-refractivity contribution in [3.63, 3.8) is 0 Å². The summed E-state index contributed by atoms with van der Waals surface area (Å²) in [5, 5.41) is 2.73. The van der Waals surface area contributed by atoms with Gasteiger partial charge in [0.2, 0.25) is 0 Å². The minimum atomic E-state index is -0.209. The average Bonchev–Trinajstić information content (AvgIpc) is 2.51. The Bertz CT molecular complexity index is 480. The van der Waals surface area contributed by atoms with Gasteiger partial charge >= 0.3 is 5.97 Å². The molecule has 1 rings (SSSR count). The van der Waals surface area contributed by atoms with Gasteiger partial charge in [0, 0.05) is 18.5 Å². The maximum atomic E-state index is 11.8. The zero-order valence-corrected chi connectivity index (χ0v) is 14.6. The van der Waals surface area contributed by atoms with Gasteiger partial charge in [-0.15, -0.1) is 0 Å². The highest BCUT2D eigenvalue weighted by Crippen LogP contribution is 2.15. The van der Waals surface area contributed by atoms with Gasteiger partial charge in [-0.3, -0.25) is 9.59 Å². The lowest BCUT2D eigenvalue weighted by molar-refractivity contribution is -0.134. The second-order valence-electron chi connectivity index (χ2n) is 6.20. The third-order valence-corrected chi connectivity index (χ3v) is 3.60. The summed E-state index contributed by atoms with van der Waals surface area (Å²) in [6.45, 7) is 6.92. The summed E-state index contributed by atoms with van der Waals surface area (Å²) < 4.78 is 5.28. The molecule has 0 spiro atoms. The van der Waals surface area contributed by atoms with Gasteiger partial charge < -0.3 is 10.1 Å². The summed E-state index contributed by atoms with van der Waals surface area (Å²) in [5.74, 6) is 0.914. The van der Waals surface area contributed by atoms with Crippen LogP contribution >= 0.6 is 0 Å². The summed E-state index contributed by atoms with van der Waals surface area (Å²) in [6, 6.07) is 6.65. The summed E-state index contributed by atoms with van der Waals surface area (Å²) in [4.78, 5) is 23.4. The molecule has 0 atom stereocenters. The predicted octanol–water partition coefficient (Wildman–Crippen LogP) is 4.34. The van der Waals surface area contributed by atoms with Gasteiger partial charge in [-0.25, -0.2) is 0 Å². The standard InChI is InChI=1S/C19H29NO3/c1-4-20-19(22)16-11-13-17(14-12-16)23-18(21)10-8-6-5-7-9-15(2)3/h11-15H,4-10H2,1-3H3,(H,20,22). The van der Waals surface area contributed by atoms with E-state index < -0.39 is 0 Å². The molecule has 4 heteroatoms. The lowest BCUT2D eigenvalue weighted by atomic mass is 10.0. The van der Waals surface area contributed by atoms with Crippen LogP contribution in [-0.4, -0.2) is 18.4 Å². The van der Waals surface area contributed by atoms with Crippen molar-refractivity contribution in [3.05, 3.63) is 29.8 Å². The van der Waals surface area contributed by atoms with E-state index in [-0.39, 0.29) is 11.9 Å². The van der Waals surface area contributed by atoms with Crippen LogP contribution < -0.4 is 10.1 Å². The van der Waals surface area contributed by atoms with Gasteiger partial charge in [0.25, 0.3) is 5.91 Å². The van der Waals surface area contributed by atoms with E-state index in [0.29, 0.717) is 24.3 Å². The van der Waals surface area contributed by atoms with Crippen LogP contribution in [-0.2, 0) is 4.79 Å². The smallest absolute Gasteiger partial charge is 0.311 e. The molecule has 1 amide bonds. The first-order chi connectivity index (χ1) is 11.0. The molecule has 0 unspecified atom stereocenters. The first-order valence-electron chi connectivity index (χ1n) is 8.62. The molecule has 0 bridgehead atoms. The normalized spacial score (nSPS) is 10.6. The largest absolute Gasteiger partial charge is 0.427 e. The van der Waals surface area contributed by atoms with Gasteiger partial charge in [0.15, 0.2) is 0 Å². The third-order valence-electron chi connectivity index (χ3n) is 3.60. The van der Waals surface area contributed by atoms with Gasteiger partial charge in [0.1, 0.15) is 5.75 Å². The molecular weight excluding hydrogens is 290 g/mol. The van der Waals surface area contributed by atoms with Crippen LogP contribution in [0, 0.1) is 5.92 Å². The molecule has 0 fully saturated rings. The van der Waals surface area contributed by atoms with Crippen molar-refractivity contribution < 1.29 is 14.3 Å². The summed E-state index contributed by atoms with van der Waals surface area (Å²) >= 11 is 0. The van der Waals surface area contributed by atoms with E-state index in [1.807, 2.05) is 6.92 Å². The molecule has 1 aromatic rings. The van der Waals surface area contributed by atoms with Crippen LogP contribution in [0.4, 0.5) is 0 Å². The molecule has 0 heterocycles. The Morgan fingerprint density at radius 3 is 2.30 bits per heavy atom. The number of hydrogen-bond donors (Lipinski definition) is 1. The Morgan fingerprint density at radius 1 is 1.04 bits per heavy atom. The highest BCUT2D eigenvalue weighted by atomic mass is 16.5. The summed E-state index contributed by atoms with van der Waals surface area (Å²) in [6.07, 6.45) is 6.04. The fourth-order valence-electron chi connectivity index (χ4n) is 2.29. The number of rotatable bonds is 10. The molecule has 0 aliphatic rings. The van der Waals surface area contributed by atoms with Crippen LogP contribution in [0.15, 0.2) is 24.3 Å². The first-order valence-corrected chi connectivity index (χ1v) is 8.62. The Morgan fingerprint density at radius 2 is 1.70 bits per heavy atom. The van der Waals surface area contributed by atoms with E-state index in [9.17, 15) is 9.59 Å². The lowest BCUT2D eigenvalue weighted by Crippen LogP contribution is -2.22. The quantitative estimate of drug-likeness (QED) is 0.396. The number of nitrogens with one attached hydrogen (secondary N) is 1. The average molecular weight is 319 g/mol. The third kappa shape index (κ3) is 8.38. The maximum Gasteiger partial charge on any atom is 0.311 e. The number of esters is 1. The molecule has 0 aliphatic heterocycles. The molecule has 128 valence electrons. The molecule has 0 radical (unpaired) electrons. The molecule has 23 heavy (non-hydrogen) atoms. The minimum absolute atomic E-state index is 0.119. The second kappa shape index (κ2) is 10.8. The van der Waals surface area contributed by atoms with Gasteiger partial charge in [-0.05, 0) is 43.5 Å². The molecule has 0 saturated carbocycles. The van der Waals surface area contributed by atoms with Crippen molar-refractivity contribution >= 4 is 11.9 Å². The first kappa shape index (κ1) is 19.2. The molecule has 0 aliphatic carbocycles. The zero-order chi connectivity index (χ0) is 17.1. The number of hydrogen-bond acceptors (Lipinski definition) is 3. The Labute approximate surface area is 139 Å². The lowest BCUT2D eigenvalue weighted by Gasteiger charge is -2.06. The van der Waals surface area contributed by atoms with E-state index in [1.165, 1.54) is 19.3 Å². The van der Waals surface area contributed by atoms with Crippen LogP contribution in [0.25, 0.3) is 0 Å². The Balaban J connectivity index is 2.25. The van der Waals surface area contributed by atoms with E-state index in [1.54, 1.807) is 24.3 Å². The van der Waals surface area contributed by atoms with Gasteiger partial charge in [0.05, 0.1) is 0 Å². The zero-order valence-electron chi connectivity index (χ0n) is 14.6. The SMILES string of the molecule is CCNC(=O)c1ccc(OC(=O)CCCCCCC(C)C)cc1. The van der Waals surface area contributed by atoms with Crippen molar-refractivity contribution in [1.29, 1.82) is 0 Å². The maximum absolute atomic E-state index is 11.8. The van der Waals surface area contributed by atoms with E-state index in [4.69, 9.17) is 4.74 Å². The monoisotopic (exact) mass is 319 g/mol. The van der Waals surface area contributed by atoms with Crippen molar-refractivity contribution in [2.24, 2.45) is 5.92 Å². The fourth-order valence-corrected chi connectivity index (χ4v) is 2.29. The van der Waals surface area contributed by atoms with E-state index in [0.717, 1.165) is 18.8 Å². The highest BCUT2D eigenvalue weighted by Gasteiger charge is 2.07. The van der Waals surface area contributed by atoms with Crippen LogP contribution in [0.3, 0.4) is 0 Å². The van der Waals surface area contributed by atoms with Crippen molar-refractivity contribution in [3.8, 4) is 5.75 Å². The Kier molecular flexibility index (Phi) is 9.03. The van der Waals surface area contributed by atoms with Crippen molar-refractivity contribution in [2.75, 3.05) is 6.54 Å². The van der Waals surface area contributed by atoms with Crippen LogP contribution in [0.2, 0.25) is 0 Å². The van der Waals surface area contributed by atoms with Gasteiger partial charge in [-0.1, -0.05) is 39.5 Å². The number of carbonyl (C=O) groups is 2. The summed E-state index contributed by atoms with van der Waals surface area (Å²) in [5.41, 5.74) is 0.566. The Hall–Kier alpha value is -1.84. The molecule has 0 saturated heterocycles. The van der Waals surface area contributed by atoms with Crippen molar-refractivity contribution in [2.45, 2.75) is 59.3 Å². The number of benzene rings is 1. The van der Waals surface area contributed by atoms with E-state index >= 15 is 0 Å². The van der Waals surface area contributed by atoms with Gasteiger partial charge in [-0.2, -0.15) is 0 Å². The molecular formula is C19H29NO3. The molecule has 4 nitrogen and oxygen atoms in total. The molecule has 0 aromatic heterocycles. The van der Waals surface area contributed by atoms with E-state index in [2.05, 4.69) is 19.2 Å². The topological polar surface area (TPSA) is 55.4 Å². The number of amides is 1. The number of ether oxygens (including phenoxy) is 1. The van der Waals surface area contributed by atoms with Crippen LogP contribution in [0.1, 0.15) is 69.7 Å². The predicted molar refractivity (Wildman–Crippen MR) is 92.6 cm³/mol. The highest BCUT2D eigenvalue weighted by molar-refractivity contribution is 5.94. The number of unbranched alkanes of at least 4 members (excludes halogenated alkanes) is 3. The minimum Gasteiger partial charge on any atom is -0.427 e. The molecule has 1 aromatic carbocycles. The second-order valence-corrected chi connectivity index (χ2v) is 6.20. The van der Waals surface area contributed by atoms with Crippen LogP contribution in [0.5, 0.6) is 5.75 Å². The van der Waals surface area contributed by atoms with Crippen molar-refractivity contribution in [1.82, 2.24) is 5.32 Å². The summed E-state index contributed by atoms with van der Waals surface area (Å²) in [7, 11) is 0. The number of carbonyl (C=O) groups excluding carboxylic acids is 2. The fraction of sp³-hybridized carbons (Fsp3) is 0.579.